The molecule has 0 spiro atoms. The van der Waals surface area contributed by atoms with Crippen LogP contribution < -0.4 is 5.32 Å². The van der Waals surface area contributed by atoms with Gasteiger partial charge in [-0.25, -0.2) is 4.79 Å². The minimum absolute atomic E-state index is 0.206. The lowest BCUT2D eigenvalue weighted by atomic mass is 9.74. The number of nitrogens with one attached hydrogen (secondary N) is 1. The van der Waals surface area contributed by atoms with Gasteiger partial charge in [-0.1, -0.05) is 49.6 Å². The highest BCUT2D eigenvalue weighted by Gasteiger charge is 2.41. The fourth-order valence-electron chi connectivity index (χ4n) is 2.98. The lowest BCUT2D eigenvalue weighted by Gasteiger charge is -2.34. The third kappa shape index (κ3) is 4.98. The number of alkyl carbamates (subject to hydrolysis) is 1. The number of rotatable bonds is 6. The predicted octanol–water partition coefficient (Wildman–Crippen LogP) is 3.43. The van der Waals surface area contributed by atoms with Crippen LogP contribution in [0.2, 0.25) is 0 Å². The third-order valence-corrected chi connectivity index (χ3v) is 4.30. The van der Waals surface area contributed by atoms with Crippen molar-refractivity contribution in [2.75, 3.05) is 13.2 Å². The summed E-state index contributed by atoms with van der Waals surface area (Å²) in [7, 11) is 0. The second-order valence-corrected chi connectivity index (χ2v) is 5.98. The number of amides is 1. The van der Waals surface area contributed by atoms with Crippen LogP contribution in [0.1, 0.15) is 44.6 Å². The zero-order valence-corrected chi connectivity index (χ0v) is 13.7. The maximum Gasteiger partial charge on any atom is 0.407 e. The molecule has 0 aromatic heterocycles. The van der Waals surface area contributed by atoms with Gasteiger partial charge in [0.05, 0.1) is 12.0 Å². The molecule has 1 aromatic rings. The van der Waals surface area contributed by atoms with Crippen LogP contribution in [0.25, 0.3) is 0 Å². The molecule has 1 N–H and O–H groups in total. The highest BCUT2D eigenvalue weighted by Crippen LogP contribution is 2.37. The van der Waals surface area contributed by atoms with E-state index in [4.69, 9.17) is 9.47 Å². The van der Waals surface area contributed by atoms with E-state index in [1.54, 1.807) is 6.92 Å². The minimum atomic E-state index is -0.597. The first kappa shape index (κ1) is 17.3. The Labute approximate surface area is 137 Å². The van der Waals surface area contributed by atoms with E-state index in [0.29, 0.717) is 6.61 Å². The van der Waals surface area contributed by atoms with Crippen LogP contribution in [0, 0.1) is 5.41 Å². The Kier molecular flexibility index (Phi) is 6.44. The lowest BCUT2D eigenvalue weighted by molar-refractivity contribution is -0.157. The van der Waals surface area contributed by atoms with Crippen LogP contribution in [0.3, 0.4) is 0 Å². The topological polar surface area (TPSA) is 64.6 Å². The monoisotopic (exact) mass is 319 g/mol. The summed E-state index contributed by atoms with van der Waals surface area (Å²) >= 11 is 0. The highest BCUT2D eigenvalue weighted by atomic mass is 16.5. The Morgan fingerprint density at radius 1 is 1.09 bits per heavy atom. The summed E-state index contributed by atoms with van der Waals surface area (Å²) in [4.78, 5) is 24.2. The molecule has 0 heterocycles. The molecule has 0 bridgehead atoms. The van der Waals surface area contributed by atoms with Crippen molar-refractivity contribution in [2.45, 2.75) is 45.6 Å². The molecule has 0 aliphatic heterocycles. The number of hydrogen-bond acceptors (Lipinski definition) is 4. The van der Waals surface area contributed by atoms with Crippen molar-refractivity contribution in [2.24, 2.45) is 5.41 Å². The van der Waals surface area contributed by atoms with E-state index in [-0.39, 0.29) is 19.1 Å². The van der Waals surface area contributed by atoms with Gasteiger partial charge >= 0.3 is 12.1 Å². The number of carbonyl (C=O) groups excluding carboxylic acids is 2. The Bertz CT molecular complexity index is 509. The molecule has 1 amide bonds. The molecule has 126 valence electrons. The molecule has 1 aliphatic rings. The third-order valence-electron chi connectivity index (χ3n) is 4.30. The largest absolute Gasteiger partial charge is 0.466 e. The molecule has 0 radical (unpaired) electrons. The molecule has 0 unspecified atom stereocenters. The summed E-state index contributed by atoms with van der Waals surface area (Å²) in [6.45, 7) is 2.66. The predicted molar refractivity (Wildman–Crippen MR) is 86.8 cm³/mol. The van der Waals surface area contributed by atoms with Gasteiger partial charge in [-0.3, -0.25) is 4.79 Å². The Balaban J connectivity index is 1.85. The van der Waals surface area contributed by atoms with Crippen molar-refractivity contribution < 1.29 is 19.1 Å². The number of carbonyl (C=O) groups is 2. The van der Waals surface area contributed by atoms with Gasteiger partial charge in [0.25, 0.3) is 0 Å². The van der Waals surface area contributed by atoms with Gasteiger partial charge in [-0.15, -0.1) is 0 Å². The Hall–Kier alpha value is -2.04. The SMILES string of the molecule is CCOC(=O)C1(CNC(=O)OCc2ccccc2)CCCCC1. The first-order valence-electron chi connectivity index (χ1n) is 8.28. The first-order chi connectivity index (χ1) is 11.2. The Morgan fingerprint density at radius 2 is 1.78 bits per heavy atom. The zero-order chi connectivity index (χ0) is 16.5. The normalized spacial score (nSPS) is 16.4. The summed E-state index contributed by atoms with van der Waals surface area (Å²) < 4.78 is 10.4. The van der Waals surface area contributed by atoms with Gasteiger partial charge in [0.2, 0.25) is 0 Å². The smallest absolute Gasteiger partial charge is 0.407 e. The first-order valence-corrected chi connectivity index (χ1v) is 8.28. The lowest BCUT2D eigenvalue weighted by Crippen LogP contribution is -2.45. The van der Waals surface area contributed by atoms with E-state index in [2.05, 4.69) is 5.32 Å². The average molecular weight is 319 g/mol. The molecule has 1 saturated carbocycles. The van der Waals surface area contributed by atoms with E-state index in [1.807, 2.05) is 30.3 Å². The maximum absolute atomic E-state index is 12.3. The molecule has 23 heavy (non-hydrogen) atoms. The zero-order valence-electron chi connectivity index (χ0n) is 13.7. The molecular formula is C18H25NO4. The van der Waals surface area contributed by atoms with E-state index < -0.39 is 11.5 Å². The van der Waals surface area contributed by atoms with E-state index in [1.165, 1.54) is 0 Å². The molecular weight excluding hydrogens is 294 g/mol. The van der Waals surface area contributed by atoms with Gasteiger partial charge < -0.3 is 14.8 Å². The second kappa shape index (κ2) is 8.56. The fraction of sp³-hybridized carbons (Fsp3) is 0.556. The molecule has 0 atom stereocenters. The van der Waals surface area contributed by atoms with E-state index in [0.717, 1.165) is 37.7 Å². The van der Waals surface area contributed by atoms with Crippen LogP contribution in [-0.2, 0) is 20.9 Å². The summed E-state index contributed by atoms with van der Waals surface area (Å²) in [5.41, 5.74) is 0.334. The van der Waals surface area contributed by atoms with Crippen molar-refractivity contribution in [3.8, 4) is 0 Å². The summed E-state index contributed by atoms with van der Waals surface area (Å²) in [5, 5.41) is 2.74. The molecule has 5 nitrogen and oxygen atoms in total. The Morgan fingerprint density at radius 3 is 2.43 bits per heavy atom. The maximum atomic E-state index is 12.3. The van der Waals surface area contributed by atoms with Crippen molar-refractivity contribution in [3.05, 3.63) is 35.9 Å². The van der Waals surface area contributed by atoms with Crippen molar-refractivity contribution in [1.29, 1.82) is 0 Å². The van der Waals surface area contributed by atoms with Crippen LogP contribution in [-0.4, -0.2) is 25.2 Å². The van der Waals surface area contributed by atoms with Crippen LogP contribution >= 0.6 is 0 Å². The van der Waals surface area contributed by atoms with Gasteiger partial charge in [-0.2, -0.15) is 0 Å². The van der Waals surface area contributed by atoms with Gasteiger partial charge in [0.1, 0.15) is 6.61 Å². The average Bonchev–Trinajstić information content (AvgIpc) is 2.60. The van der Waals surface area contributed by atoms with E-state index in [9.17, 15) is 9.59 Å². The molecule has 2 rings (SSSR count). The summed E-state index contributed by atoms with van der Waals surface area (Å²) in [5.74, 6) is -0.206. The standard InChI is InChI=1S/C18H25NO4/c1-2-22-16(20)18(11-7-4-8-12-18)14-19-17(21)23-13-15-9-5-3-6-10-15/h3,5-6,9-10H,2,4,7-8,11-14H2,1H3,(H,19,21). The molecule has 5 heteroatoms. The quantitative estimate of drug-likeness (QED) is 0.816. The van der Waals surface area contributed by atoms with Gasteiger partial charge in [0.15, 0.2) is 0 Å². The second-order valence-electron chi connectivity index (χ2n) is 5.98. The van der Waals surface area contributed by atoms with Crippen LogP contribution in [0.15, 0.2) is 30.3 Å². The minimum Gasteiger partial charge on any atom is -0.466 e. The van der Waals surface area contributed by atoms with E-state index >= 15 is 0 Å². The summed E-state index contributed by atoms with van der Waals surface area (Å²) in [6.07, 6.45) is 4.11. The molecule has 0 saturated heterocycles. The van der Waals surface area contributed by atoms with Crippen LogP contribution in [0.5, 0.6) is 0 Å². The number of hydrogen-bond donors (Lipinski definition) is 1. The van der Waals surface area contributed by atoms with Gasteiger partial charge in [-0.05, 0) is 25.3 Å². The highest BCUT2D eigenvalue weighted by molar-refractivity contribution is 5.78. The fourth-order valence-corrected chi connectivity index (χ4v) is 2.98. The number of benzene rings is 1. The number of esters is 1. The van der Waals surface area contributed by atoms with Crippen molar-refractivity contribution >= 4 is 12.1 Å². The van der Waals surface area contributed by atoms with Gasteiger partial charge in [0, 0.05) is 6.54 Å². The molecule has 1 fully saturated rings. The molecule has 1 aromatic carbocycles. The summed E-state index contributed by atoms with van der Waals surface area (Å²) in [6, 6.07) is 9.50. The molecule has 1 aliphatic carbocycles. The number of ether oxygens (including phenoxy) is 2. The van der Waals surface area contributed by atoms with Crippen LogP contribution in [0.4, 0.5) is 4.79 Å². The van der Waals surface area contributed by atoms with Crippen molar-refractivity contribution in [1.82, 2.24) is 5.32 Å². The van der Waals surface area contributed by atoms with Crippen molar-refractivity contribution in [3.63, 3.8) is 0 Å².